The van der Waals surface area contributed by atoms with E-state index >= 15 is 8.78 Å². The number of carbonyl (C=O) groups excluding carboxylic acids is 3. The van der Waals surface area contributed by atoms with Gasteiger partial charge in [0.2, 0.25) is 11.8 Å². The van der Waals surface area contributed by atoms with Crippen LogP contribution in [0.2, 0.25) is 0 Å². The minimum Gasteiger partial charge on any atom is -0.508 e. The summed E-state index contributed by atoms with van der Waals surface area (Å²) in [7, 11) is 0. The lowest BCUT2D eigenvalue weighted by Crippen LogP contribution is -2.57. The Labute approximate surface area is 503 Å². The number of piperazine rings is 1. The third kappa shape index (κ3) is 12.5. The molecule has 86 heavy (non-hydrogen) atoms. The summed E-state index contributed by atoms with van der Waals surface area (Å²) in [5, 5.41) is 19.0. The molecule has 0 radical (unpaired) electrons. The fourth-order valence-electron chi connectivity index (χ4n) is 13.0. The number of phenolic OH excluding ortho intramolecular Hbond substituents is 1. The maximum absolute atomic E-state index is 17.3. The van der Waals surface area contributed by atoms with Crippen LogP contribution in [0.25, 0.3) is 43.4 Å². The van der Waals surface area contributed by atoms with Crippen molar-refractivity contribution in [2.75, 3.05) is 50.8 Å². The molecule has 4 unspecified atom stereocenters. The highest BCUT2D eigenvalue weighted by molar-refractivity contribution is 7.13. The number of pyridine rings is 1. The summed E-state index contributed by atoms with van der Waals surface area (Å²) in [5.74, 6) is 1.46. The molecule has 5 aliphatic rings. The standard InChI is InChI=1S/C62H66F2N10O8S.C3H8/c1-7-45-48(63)17-14-39-25-42(75)26-46(52(39)45)54-53(64)55-47(31-65-54)57(72-32-40-15-16-41(33-72)74(40)60(78)81-61(4,5)6)69-59(68-55)79-24-23-71-21-18-62(19-22-71)29-44(30-62)80-50-27-43(82-70-50)28-51(76)73-20-8-9-49(73)58(77)67-35(2)37-10-12-38(13-11-37)56-36(3)66-34-83-56;1-3-2/h1,10-14,17,25-27,31,34-35,40-41,44,49,75H,8-9,15-16,18-24,28-30,32-33H2,2-6H3,(H,67,77);3H2,1-2H3. The molecule has 18 nitrogen and oxygen atoms in total. The number of rotatable bonds is 14. The average Bonchev–Trinajstić information content (AvgIpc) is 0.975. The second-order valence-corrected chi connectivity index (χ2v) is 25.4. The number of terminal acetylenes is 1. The van der Waals surface area contributed by atoms with Crippen molar-refractivity contribution >= 4 is 56.7 Å². The van der Waals surface area contributed by atoms with E-state index in [4.69, 9.17) is 30.1 Å². The van der Waals surface area contributed by atoms with E-state index in [0.717, 1.165) is 79.7 Å². The summed E-state index contributed by atoms with van der Waals surface area (Å²) in [6, 6.07) is 14.0. The van der Waals surface area contributed by atoms with Gasteiger partial charge in [0.25, 0.3) is 5.88 Å². The molecule has 7 aromatic rings. The van der Waals surface area contributed by atoms with Crippen LogP contribution in [-0.2, 0) is 20.7 Å². The van der Waals surface area contributed by atoms with Crippen molar-refractivity contribution in [2.45, 2.75) is 149 Å². The van der Waals surface area contributed by atoms with Crippen molar-refractivity contribution in [1.82, 2.24) is 45.1 Å². The number of phenols is 1. The molecular weight excluding hydrogens is 1120 g/mol. The van der Waals surface area contributed by atoms with Crippen LogP contribution in [0.5, 0.6) is 17.6 Å². The fraction of sp³-hybridized carbons (Fsp3) is 0.477. The van der Waals surface area contributed by atoms with Crippen LogP contribution < -0.4 is 19.7 Å². The van der Waals surface area contributed by atoms with Crippen molar-refractivity contribution in [3.05, 3.63) is 101 Å². The number of nitrogens with one attached hydrogen (secondary N) is 1. The van der Waals surface area contributed by atoms with Gasteiger partial charge < -0.3 is 39.0 Å². The van der Waals surface area contributed by atoms with Gasteiger partial charge in [-0.2, -0.15) is 9.97 Å². The van der Waals surface area contributed by atoms with E-state index < -0.39 is 23.3 Å². The fourth-order valence-corrected chi connectivity index (χ4v) is 13.8. The number of likely N-dealkylation sites (tertiary alicyclic amines) is 2. The highest BCUT2D eigenvalue weighted by atomic mass is 32.1. The molecule has 4 saturated heterocycles. The lowest BCUT2D eigenvalue weighted by atomic mass is 9.61. The Morgan fingerprint density at radius 2 is 1.71 bits per heavy atom. The normalized spacial score (nSPS) is 19.7. The second kappa shape index (κ2) is 24.8. The molecule has 8 heterocycles. The Bertz CT molecular complexity index is 3680. The van der Waals surface area contributed by atoms with E-state index in [9.17, 15) is 19.5 Å². The number of aromatic nitrogens is 5. The first-order chi connectivity index (χ1) is 41.3. The molecule has 1 spiro atoms. The molecule has 4 aliphatic heterocycles. The molecule has 4 atom stereocenters. The smallest absolute Gasteiger partial charge is 0.410 e. The van der Waals surface area contributed by atoms with Crippen LogP contribution in [0.3, 0.4) is 0 Å². The predicted octanol–water partition coefficient (Wildman–Crippen LogP) is 11.3. The Morgan fingerprint density at radius 3 is 2.40 bits per heavy atom. The molecule has 452 valence electrons. The van der Waals surface area contributed by atoms with Crippen molar-refractivity contribution in [3.8, 4) is 51.7 Å². The molecule has 2 bridgehead atoms. The monoisotopic (exact) mass is 1190 g/mol. The molecule has 12 rings (SSSR count). The lowest BCUT2D eigenvalue weighted by molar-refractivity contribution is -0.138. The number of aryl methyl sites for hydroxylation is 1. The summed E-state index contributed by atoms with van der Waals surface area (Å²) in [5.41, 5.74) is 4.09. The van der Waals surface area contributed by atoms with Gasteiger partial charge in [-0.1, -0.05) is 56.5 Å². The summed E-state index contributed by atoms with van der Waals surface area (Å²) >= 11 is 1.60. The van der Waals surface area contributed by atoms with Crippen molar-refractivity contribution in [3.63, 3.8) is 0 Å². The van der Waals surface area contributed by atoms with Crippen LogP contribution in [0.15, 0.2) is 70.8 Å². The summed E-state index contributed by atoms with van der Waals surface area (Å²) < 4.78 is 56.4. The van der Waals surface area contributed by atoms with Crippen molar-refractivity contribution in [1.29, 1.82) is 0 Å². The minimum atomic E-state index is -0.824. The molecule has 4 aromatic heterocycles. The number of thiazole rings is 1. The highest BCUT2D eigenvalue weighted by Gasteiger charge is 2.48. The Kier molecular flexibility index (Phi) is 17.2. The molecule has 2 N–H and O–H groups in total. The van der Waals surface area contributed by atoms with Gasteiger partial charge in [-0.05, 0) is 144 Å². The number of benzene rings is 3. The maximum atomic E-state index is 17.3. The first kappa shape index (κ1) is 59.8. The molecule has 1 saturated carbocycles. The topological polar surface area (TPSA) is 202 Å². The van der Waals surface area contributed by atoms with E-state index in [0.29, 0.717) is 60.8 Å². The van der Waals surface area contributed by atoms with Gasteiger partial charge in [-0.15, -0.1) is 17.8 Å². The van der Waals surface area contributed by atoms with E-state index in [2.05, 4.69) is 50.1 Å². The molecule has 5 fully saturated rings. The van der Waals surface area contributed by atoms with Gasteiger partial charge in [0.15, 0.2) is 5.82 Å². The largest absolute Gasteiger partial charge is 0.508 e. The van der Waals surface area contributed by atoms with Gasteiger partial charge in [0.05, 0.1) is 51.6 Å². The second-order valence-electron chi connectivity index (χ2n) is 24.6. The summed E-state index contributed by atoms with van der Waals surface area (Å²) in [6.07, 6.45) is 14.5. The first-order valence-corrected chi connectivity index (χ1v) is 30.8. The molecule has 1 aliphatic carbocycles. The molecule has 3 aromatic carbocycles. The minimum absolute atomic E-state index is 0.0308. The van der Waals surface area contributed by atoms with E-state index in [-0.39, 0.29) is 100 Å². The van der Waals surface area contributed by atoms with Gasteiger partial charge in [-0.25, -0.2) is 18.6 Å². The van der Waals surface area contributed by atoms with Crippen molar-refractivity contribution < 1.29 is 47.0 Å². The lowest BCUT2D eigenvalue weighted by Gasteiger charge is -2.51. The first-order valence-electron chi connectivity index (χ1n) is 29.9. The van der Waals surface area contributed by atoms with Crippen LogP contribution in [0.1, 0.15) is 128 Å². The van der Waals surface area contributed by atoms with Crippen LogP contribution in [-0.4, -0.2) is 139 Å². The maximum Gasteiger partial charge on any atom is 0.410 e. The SMILES string of the molecule is C#Cc1c(F)ccc2cc(O)cc(-c3ncc4c(N5CC6CCC(C5)N6C(=O)OC(C)(C)C)nc(OCCN5CCC6(CC5)CC(Oc5cc(CC(=O)N7CCCC7C(=O)NC(C)c7ccc(-c8scnc8C)cc7)on5)C6)nc4c3F)c12.CCC. The van der Waals surface area contributed by atoms with Crippen LogP contribution in [0.4, 0.5) is 19.4 Å². The van der Waals surface area contributed by atoms with Crippen LogP contribution >= 0.6 is 11.3 Å². The van der Waals surface area contributed by atoms with Gasteiger partial charge in [0.1, 0.15) is 58.7 Å². The zero-order valence-electron chi connectivity index (χ0n) is 49.8. The average molecular weight is 1190 g/mol. The zero-order valence-corrected chi connectivity index (χ0v) is 50.6. The molecule has 21 heteroatoms. The highest BCUT2D eigenvalue weighted by Crippen LogP contribution is 2.50. The number of fused-ring (bicyclic) bond motifs is 4. The Hall–Kier alpha value is -7.96. The predicted molar refractivity (Wildman–Crippen MR) is 324 cm³/mol. The summed E-state index contributed by atoms with van der Waals surface area (Å²) in [6.45, 7) is 17.5. The number of amides is 3. The number of anilines is 1. The number of piperidine rings is 1. The number of carbonyl (C=O) groups is 3. The van der Waals surface area contributed by atoms with Crippen LogP contribution in [0, 0.1) is 36.3 Å². The number of halogens is 2. The molecular formula is C65H74F2N10O8S. The number of aromatic hydroxyl groups is 1. The van der Waals surface area contributed by atoms with E-state index in [1.807, 2.05) is 74.2 Å². The third-order valence-electron chi connectivity index (χ3n) is 17.2. The van der Waals surface area contributed by atoms with Gasteiger partial charge >= 0.3 is 12.1 Å². The van der Waals surface area contributed by atoms with E-state index in [1.54, 1.807) is 22.3 Å². The molecule has 3 amide bonds. The number of ether oxygens (including phenoxy) is 3. The zero-order chi connectivity index (χ0) is 60.6. The van der Waals surface area contributed by atoms with Gasteiger partial charge in [-0.3, -0.25) is 24.4 Å². The number of hydrogen-bond acceptors (Lipinski definition) is 16. The quantitative estimate of drug-likeness (QED) is 0.0973. The van der Waals surface area contributed by atoms with E-state index in [1.165, 1.54) is 36.9 Å². The third-order valence-corrected chi connectivity index (χ3v) is 18.1. The van der Waals surface area contributed by atoms with Gasteiger partial charge in [0, 0.05) is 49.4 Å². The van der Waals surface area contributed by atoms with Crippen molar-refractivity contribution in [2.24, 2.45) is 5.41 Å². The Morgan fingerprint density at radius 1 is 0.977 bits per heavy atom. The Balaban J connectivity index is 0.00000251. The number of nitrogens with zero attached hydrogens (tertiary/aromatic N) is 9. The number of hydrogen-bond donors (Lipinski definition) is 2. The summed E-state index contributed by atoms with van der Waals surface area (Å²) in [4.78, 5) is 67.9.